The molecule has 1 amide bonds. The Kier molecular flexibility index (Phi) is 5.33. The number of carbonyl (C=O) groups excluding carboxylic acids is 2. The third kappa shape index (κ3) is 4.36. The summed E-state index contributed by atoms with van der Waals surface area (Å²) in [7, 11) is 0. The van der Waals surface area contributed by atoms with E-state index in [1.54, 1.807) is 30.3 Å². The second-order valence-electron chi connectivity index (χ2n) is 6.75. The maximum atomic E-state index is 12.6. The second-order valence-corrected chi connectivity index (χ2v) is 6.75. The molecule has 1 heterocycles. The lowest BCUT2D eigenvalue weighted by Crippen LogP contribution is -2.21. The molecule has 0 saturated heterocycles. The van der Waals surface area contributed by atoms with Gasteiger partial charge in [0.2, 0.25) is 0 Å². The number of nitrogens with one attached hydrogen (secondary N) is 1. The molecular weight excluding hydrogens is 392 g/mol. The number of rotatable bonds is 5. The number of benzene rings is 3. The predicted molar refractivity (Wildman–Crippen MR) is 115 cm³/mol. The predicted octanol–water partition coefficient (Wildman–Crippen LogP) is 4.01. The van der Waals surface area contributed by atoms with Gasteiger partial charge in [-0.25, -0.2) is 0 Å². The number of hydrogen-bond donors (Lipinski definition) is 1. The molecule has 0 atom stereocenters. The van der Waals surface area contributed by atoms with Crippen molar-refractivity contribution in [2.75, 3.05) is 5.32 Å². The Labute approximate surface area is 177 Å². The van der Waals surface area contributed by atoms with Crippen LogP contribution in [-0.2, 0) is 4.79 Å². The van der Waals surface area contributed by atoms with Crippen molar-refractivity contribution in [3.8, 4) is 17.4 Å². The Morgan fingerprint density at radius 3 is 2.39 bits per heavy atom. The number of carboxylic acid groups (broad SMARTS) is 1. The Morgan fingerprint density at radius 2 is 1.68 bits per heavy atom. The topological polar surface area (TPSA) is 106 Å². The van der Waals surface area contributed by atoms with Gasteiger partial charge in [-0.3, -0.25) is 4.79 Å². The first-order chi connectivity index (χ1) is 15.0. The van der Waals surface area contributed by atoms with Crippen LogP contribution in [-0.4, -0.2) is 11.9 Å². The summed E-state index contributed by atoms with van der Waals surface area (Å²) < 4.78 is 5.69. The van der Waals surface area contributed by atoms with E-state index in [9.17, 15) is 20.0 Å². The second kappa shape index (κ2) is 8.39. The fourth-order valence-corrected chi connectivity index (χ4v) is 3.11. The molecule has 31 heavy (non-hydrogen) atoms. The molecule has 3 aromatic carbocycles. The van der Waals surface area contributed by atoms with E-state index >= 15 is 0 Å². The van der Waals surface area contributed by atoms with Gasteiger partial charge in [-0.15, -0.1) is 0 Å². The normalized spacial score (nSPS) is 11.1. The Hall–Kier alpha value is -4.63. The highest BCUT2D eigenvalue weighted by atomic mass is 16.4. The summed E-state index contributed by atoms with van der Waals surface area (Å²) in [6.45, 7) is 0. The third-order valence-corrected chi connectivity index (χ3v) is 4.69. The summed E-state index contributed by atoms with van der Waals surface area (Å²) in [4.78, 5) is 23.4. The number of hydrogen-bond acceptors (Lipinski definition) is 5. The molecule has 0 unspecified atom stereocenters. The summed E-state index contributed by atoms with van der Waals surface area (Å²) in [6, 6.07) is 24.5. The molecule has 6 nitrogen and oxygen atoms in total. The molecule has 150 valence electrons. The highest BCUT2D eigenvalue weighted by Gasteiger charge is 2.12. The van der Waals surface area contributed by atoms with Crippen LogP contribution >= 0.6 is 0 Å². The van der Waals surface area contributed by atoms with Crippen LogP contribution in [0.1, 0.15) is 16.1 Å². The molecule has 0 aliphatic heterocycles. The molecule has 0 spiro atoms. The maximum Gasteiger partial charge on any atom is 0.266 e. The minimum Gasteiger partial charge on any atom is -0.545 e. The number of fused-ring (bicyclic) bond motifs is 1. The molecular formula is C25H15N2O4-. The highest BCUT2D eigenvalue weighted by molar-refractivity contribution is 6.10. The summed E-state index contributed by atoms with van der Waals surface area (Å²) in [5.74, 6) is -1.01. The summed E-state index contributed by atoms with van der Waals surface area (Å²) in [6.07, 6.45) is 1.36. The van der Waals surface area contributed by atoms with Crippen LogP contribution in [0.3, 0.4) is 0 Å². The molecule has 0 aliphatic rings. The van der Waals surface area contributed by atoms with Gasteiger partial charge < -0.3 is 19.6 Å². The van der Waals surface area contributed by atoms with Crippen LogP contribution in [0.5, 0.6) is 0 Å². The number of carbonyl (C=O) groups is 2. The van der Waals surface area contributed by atoms with Gasteiger partial charge in [-0.2, -0.15) is 5.26 Å². The van der Waals surface area contributed by atoms with Crippen molar-refractivity contribution in [1.29, 1.82) is 5.26 Å². The molecule has 4 rings (SSSR count). The number of nitrogens with zero attached hydrogens (tertiary/aromatic N) is 1. The van der Waals surface area contributed by atoms with Crippen molar-refractivity contribution < 1.29 is 19.1 Å². The number of carboxylic acids is 1. The van der Waals surface area contributed by atoms with Crippen molar-refractivity contribution in [2.45, 2.75) is 0 Å². The molecule has 4 aromatic rings. The van der Waals surface area contributed by atoms with Gasteiger partial charge in [-0.1, -0.05) is 54.6 Å². The summed E-state index contributed by atoms with van der Waals surface area (Å²) >= 11 is 0. The lowest BCUT2D eigenvalue weighted by molar-refractivity contribution is -0.255. The van der Waals surface area contributed by atoms with Crippen LogP contribution in [0.25, 0.3) is 28.2 Å². The van der Waals surface area contributed by atoms with E-state index in [4.69, 9.17) is 4.42 Å². The van der Waals surface area contributed by atoms with Gasteiger partial charge in [0.25, 0.3) is 5.91 Å². The van der Waals surface area contributed by atoms with Crippen molar-refractivity contribution >= 4 is 34.4 Å². The van der Waals surface area contributed by atoms with Crippen LogP contribution in [0.2, 0.25) is 0 Å². The molecule has 0 radical (unpaired) electrons. The van der Waals surface area contributed by atoms with Crippen LogP contribution in [0.4, 0.5) is 5.69 Å². The molecule has 0 fully saturated rings. The lowest BCUT2D eigenvalue weighted by Gasteiger charge is -2.06. The van der Waals surface area contributed by atoms with E-state index < -0.39 is 11.9 Å². The lowest BCUT2D eigenvalue weighted by atomic mass is 10.1. The fourth-order valence-electron chi connectivity index (χ4n) is 3.11. The van der Waals surface area contributed by atoms with Crippen molar-refractivity contribution in [3.05, 3.63) is 95.8 Å². The third-order valence-electron chi connectivity index (χ3n) is 4.69. The zero-order chi connectivity index (χ0) is 21.8. The van der Waals surface area contributed by atoms with E-state index in [1.165, 1.54) is 18.2 Å². The minimum absolute atomic E-state index is 0.0625. The zero-order valence-corrected chi connectivity index (χ0v) is 16.2. The molecule has 0 aliphatic carbocycles. The molecule has 0 bridgehead atoms. The van der Waals surface area contributed by atoms with Crippen molar-refractivity contribution in [2.24, 2.45) is 0 Å². The van der Waals surface area contributed by atoms with E-state index in [0.29, 0.717) is 22.8 Å². The summed E-state index contributed by atoms with van der Waals surface area (Å²) in [5, 5.41) is 25.0. The smallest absolute Gasteiger partial charge is 0.266 e. The van der Waals surface area contributed by atoms with E-state index in [1.807, 2.05) is 42.5 Å². The first-order valence-electron chi connectivity index (χ1n) is 9.37. The van der Waals surface area contributed by atoms with Crippen LogP contribution in [0, 0.1) is 11.3 Å². The standard InChI is InChI=1S/C25H16N2O4/c26-15-20(24(28)27-21-10-9-16-3-1-2-4-19(16)13-21)14-22-11-12-23(31-22)17-5-7-18(8-6-17)25(29)30/h1-14H,(H,27,28)(H,29,30)/p-1/b20-14-. The minimum atomic E-state index is -1.26. The average molecular weight is 407 g/mol. The van der Waals surface area contributed by atoms with Gasteiger partial charge in [-0.05, 0) is 40.6 Å². The van der Waals surface area contributed by atoms with Gasteiger partial charge in [0, 0.05) is 17.3 Å². The fraction of sp³-hybridized carbons (Fsp3) is 0. The quantitative estimate of drug-likeness (QED) is 0.397. The number of nitriles is 1. The Morgan fingerprint density at radius 1 is 0.935 bits per heavy atom. The number of aromatic carboxylic acids is 1. The first kappa shape index (κ1) is 19.7. The molecule has 1 aromatic heterocycles. The van der Waals surface area contributed by atoms with Gasteiger partial charge in [0.15, 0.2) is 0 Å². The van der Waals surface area contributed by atoms with E-state index in [-0.39, 0.29) is 11.1 Å². The number of anilines is 1. The highest BCUT2D eigenvalue weighted by Crippen LogP contribution is 2.24. The largest absolute Gasteiger partial charge is 0.545 e. The Bertz CT molecular complexity index is 1360. The SMILES string of the molecule is N#C/C(=C/c1ccc(-c2ccc(C(=O)[O-])cc2)o1)C(=O)Nc1ccc2ccccc2c1. The first-order valence-corrected chi connectivity index (χ1v) is 9.37. The zero-order valence-electron chi connectivity index (χ0n) is 16.2. The van der Waals surface area contributed by atoms with Crippen LogP contribution < -0.4 is 10.4 Å². The van der Waals surface area contributed by atoms with Crippen LogP contribution in [0.15, 0.2) is 88.9 Å². The monoisotopic (exact) mass is 407 g/mol. The number of amides is 1. The number of furan rings is 1. The Balaban J connectivity index is 1.53. The molecule has 0 saturated carbocycles. The van der Waals surface area contributed by atoms with Gasteiger partial charge in [0.05, 0.1) is 5.97 Å². The van der Waals surface area contributed by atoms with Gasteiger partial charge in [0.1, 0.15) is 23.2 Å². The molecule has 1 N–H and O–H groups in total. The molecule has 6 heteroatoms. The van der Waals surface area contributed by atoms with Gasteiger partial charge >= 0.3 is 0 Å². The van der Waals surface area contributed by atoms with Crippen molar-refractivity contribution in [1.82, 2.24) is 0 Å². The van der Waals surface area contributed by atoms with Crippen molar-refractivity contribution in [3.63, 3.8) is 0 Å². The van der Waals surface area contributed by atoms with E-state index in [2.05, 4.69) is 5.32 Å². The average Bonchev–Trinajstić information content (AvgIpc) is 3.26. The van der Waals surface area contributed by atoms with E-state index in [0.717, 1.165) is 10.8 Å². The maximum absolute atomic E-state index is 12.6. The summed E-state index contributed by atoms with van der Waals surface area (Å²) in [5.41, 5.74) is 1.19.